The standard InChI is InChI=1S/C14H21N3O/c1-10-16-12-9-11(5-6-13(12)17(10)3)14(2,15)7-4-8-18/h5-6,9,18H,4,7-8,15H2,1-3H3. The van der Waals surface area contributed by atoms with Crippen molar-refractivity contribution in [2.24, 2.45) is 12.8 Å². The molecule has 1 aromatic heterocycles. The number of benzene rings is 1. The Morgan fingerprint density at radius 2 is 2.17 bits per heavy atom. The van der Waals surface area contributed by atoms with Crippen LogP contribution in [0.2, 0.25) is 0 Å². The van der Waals surface area contributed by atoms with Crippen LogP contribution in [0.1, 0.15) is 31.2 Å². The van der Waals surface area contributed by atoms with Crippen LogP contribution in [0.25, 0.3) is 11.0 Å². The molecule has 0 saturated heterocycles. The van der Waals surface area contributed by atoms with Gasteiger partial charge in [-0.2, -0.15) is 0 Å². The van der Waals surface area contributed by atoms with Crippen LogP contribution in [0, 0.1) is 6.92 Å². The van der Waals surface area contributed by atoms with Crippen molar-refractivity contribution in [2.45, 2.75) is 32.2 Å². The first kappa shape index (κ1) is 13.1. The summed E-state index contributed by atoms with van der Waals surface area (Å²) in [4.78, 5) is 4.53. The molecule has 0 amide bonds. The quantitative estimate of drug-likeness (QED) is 0.866. The normalized spacial score (nSPS) is 14.9. The average Bonchev–Trinajstić information content (AvgIpc) is 2.62. The highest BCUT2D eigenvalue weighted by atomic mass is 16.2. The fraction of sp³-hybridized carbons (Fsp3) is 0.500. The molecule has 0 saturated carbocycles. The smallest absolute Gasteiger partial charge is 0.106 e. The Hall–Kier alpha value is -1.39. The molecule has 1 aromatic carbocycles. The fourth-order valence-corrected chi connectivity index (χ4v) is 2.27. The number of hydrogen-bond donors (Lipinski definition) is 2. The molecule has 0 fully saturated rings. The third-order valence-electron chi connectivity index (χ3n) is 3.62. The van der Waals surface area contributed by atoms with E-state index in [0.717, 1.165) is 28.8 Å². The van der Waals surface area contributed by atoms with Crippen LogP contribution < -0.4 is 5.73 Å². The Morgan fingerprint density at radius 1 is 1.44 bits per heavy atom. The van der Waals surface area contributed by atoms with Gasteiger partial charge in [0.05, 0.1) is 11.0 Å². The van der Waals surface area contributed by atoms with Gasteiger partial charge in [-0.1, -0.05) is 6.07 Å². The molecule has 0 bridgehead atoms. The van der Waals surface area contributed by atoms with Crippen molar-refractivity contribution in [3.63, 3.8) is 0 Å². The van der Waals surface area contributed by atoms with E-state index in [4.69, 9.17) is 10.8 Å². The topological polar surface area (TPSA) is 64.1 Å². The molecule has 4 heteroatoms. The van der Waals surface area contributed by atoms with Crippen LogP contribution in [-0.2, 0) is 12.6 Å². The van der Waals surface area contributed by atoms with E-state index in [-0.39, 0.29) is 6.61 Å². The van der Waals surface area contributed by atoms with Gasteiger partial charge in [-0.25, -0.2) is 4.98 Å². The average molecular weight is 247 g/mol. The van der Waals surface area contributed by atoms with E-state index in [0.29, 0.717) is 6.42 Å². The molecule has 1 unspecified atom stereocenters. The summed E-state index contributed by atoms with van der Waals surface area (Å²) in [6, 6.07) is 6.18. The molecule has 18 heavy (non-hydrogen) atoms. The van der Waals surface area contributed by atoms with E-state index in [1.165, 1.54) is 0 Å². The largest absolute Gasteiger partial charge is 0.396 e. The molecule has 0 aliphatic carbocycles. The number of imidazole rings is 1. The van der Waals surface area contributed by atoms with E-state index in [1.54, 1.807) is 0 Å². The predicted molar refractivity (Wildman–Crippen MR) is 73.3 cm³/mol. The number of hydrogen-bond acceptors (Lipinski definition) is 3. The van der Waals surface area contributed by atoms with Crippen molar-refractivity contribution in [1.29, 1.82) is 0 Å². The van der Waals surface area contributed by atoms with Gasteiger partial charge in [0, 0.05) is 19.2 Å². The second-order valence-electron chi connectivity index (χ2n) is 5.17. The number of fused-ring (bicyclic) bond motifs is 1. The minimum atomic E-state index is -0.414. The molecular weight excluding hydrogens is 226 g/mol. The zero-order valence-electron chi connectivity index (χ0n) is 11.3. The fourth-order valence-electron chi connectivity index (χ4n) is 2.27. The van der Waals surface area contributed by atoms with Gasteiger partial charge in [0.1, 0.15) is 5.82 Å². The van der Waals surface area contributed by atoms with Gasteiger partial charge in [0.15, 0.2) is 0 Å². The lowest BCUT2D eigenvalue weighted by molar-refractivity contribution is 0.266. The van der Waals surface area contributed by atoms with Crippen molar-refractivity contribution in [3.05, 3.63) is 29.6 Å². The predicted octanol–water partition coefficient (Wildman–Crippen LogP) is 1.83. The number of aromatic nitrogens is 2. The molecule has 2 rings (SSSR count). The number of aliphatic hydroxyl groups excluding tert-OH is 1. The van der Waals surface area contributed by atoms with Crippen LogP contribution in [-0.4, -0.2) is 21.3 Å². The molecule has 98 valence electrons. The first-order chi connectivity index (χ1) is 8.45. The van der Waals surface area contributed by atoms with Crippen LogP contribution >= 0.6 is 0 Å². The molecule has 1 atom stereocenters. The van der Waals surface area contributed by atoms with E-state index >= 15 is 0 Å². The van der Waals surface area contributed by atoms with Crippen molar-refractivity contribution in [3.8, 4) is 0 Å². The molecule has 1 heterocycles. The summed E-state index contributed by atoms with van der Waals surface area (Å²) in [5.41, 5.74) is 9.07. The van der Waals surface area contributed by atoms with Gasteiger partial charge < -0.3 is 15.4 Å². The highest BCUT2D eigenvalue weighted by Crippen LogP contribution is 2.26. The number of aliphatic hydroxyl groups is 1. The van der Waals surface area contributed by atoms with Crippen LogP contribution in [0.15, 0.2) is 18.2 Å². The summed E-state index contributed by atoms with van der Waals surface area (Å²) >= 11 is 0. The Kier molecular flexibility index (Phi) is 3.41. The third-order valence-corrected chi connectivity index (χ3v) is 3.62. The Morgan fingerprint density at radius 3 is 2.83 bits per heavy atom. The lowest BCUT2D eigenvalue weighted by atomic mass is 9.88. The molecule has 3 N–H and O–H groups in total. The summed E-state index contributed by atoms with van der Waals surface area (Å²) in [5, 5.41) is 8.92. The summed E-state index contributed by atoms with van der Waals surface area (Å²) in [6.07, 6.45) is 1.48. The third kappa shape index (κ3) is 2.26. The maximum atomic E-state index is 8.92. The van der Waals surface area contributed by atoms with E-state index in [1.807, 2.05) is 20.9 Å². The minimum Gasteiger partial charge on any atom is -0.396 e. The second-order valence-corrected chi connectivity index (χ2v) is 5.17. The van der Waals surface area contributed by atoms with Crippen molar-refractivity contribution < 1.29 is 5.11 Å². The SMILES string of the molecule is Cc1nc2cc(C(C)(N)CCCO)ccc2n1C. The highest BCUT2D eigenvalue weighted by Gasteiger charge is 2.21. The molecule has 0 radical (unpaired) electrons. The summed E-state index contributed by atoms with van der Waals surface area (Å²) in [7, 11) is 2.01. The van der Waals surface area contributed by atoms with Gasteiger partial charge in [-0.15, -0.1) is 0 Å². The van der Waals surface area contributed by atoms with Gasteiger partial charge in [0.25, 0.3) is 0 Å². The molecule has 0 aliphatic rings. The number of aryl methyl sites for hydroxylation is 2. The molecule has 2 aromatic rings. The minimum absolute atomic E-state index is 0.178. The van der Waals surface area contributed by atoms with E-state index < -0.39 is 5.54 Å². The van der Waals surface area contributed by atoms with Gasteiger partial charge in [-0.05, 0) is 44.4 Å². The van der Waals surface area contributed by atoms with E-state index in [9.17, 15) is 0 Å². The van der Waals surface area contributed by atoms with Crippen LogP contribution in [0.4, 0.5) is 0 Å². The summed E-state index contributed by atoms with van der Waals surface area (Å²) in [5.74, 6) is 0.997. The Labute approximate surface area is 107 Å². The van der Waals surface area contributed by atoms with Crippen LogP contribution in [0.3, 0.4) is 0 Å². The zero-order valence-corrected chi connectivity index (χ0v) is 11.3. The lowest BCUT2D eigenvalue weighted by Crippen LogP contribution is -2.33. The monoisotopic (exact) mass is 247 g/mol. The highest BCUT2D eigenvalue weighted by molar-refractivity contribution is 5.77. The Bertz CT molecular complexity index is 557. The van der Waals surface area contributed by atoms with Crippen molar-refractivity contribution >= 4 is 11.0 Å². The van der Waals surface area contributed by atoms with Gasteiger partial charge in [0.2, 0.25) is 0 Å². The number of nitrogens with zero attached hydrogens (tertiary/aromatic N) is 2. The zero-order chi connectivity index (χ0) is 13.3. The summed E-state index contributed by atoms with van der Waals surface area (Å²) in [6.45, 7) is 4.17. The maximum absolute atomic E-state index is 8.92. The molecule has 0 aliphatic heterocycles. The summed E-state index contributed by atoms with van der Waals surface area (Å²) < 4.78 is 2.07. The first-order valence-electron chi connectivity index (χ1n) is 6.29. The van der Waals surface area contributed by atoms with Crippen molar-refractivity contribution in [1.82, 2.24) is 9.55 Å². The van der Waals surface area contributed by atoms with Crippen LogP contribution in [0.5, 0.6) is 0 Å². The van der Waals surface area contributed by atoms with E-state index in [2.05, 4.69) is 27.8 Å². The molecule has 0 spiro atoms. The molecular formula is C14H21N3O. The maximum Gasteiger partial charge on any atom is 0.106 e. The Balaban J connectivity index is 2.40. The number of rotatable bonds is 4. The second kappa shape index (κ2) is 4.71. The van der Waals surface area contributed by atoms with Gasteiger partial charge in [-0.3, -0.25) is 0 Å². The molecule has 4 nitrogen and oxygen atoms in total. The van der Waals surface area contributed by atoms with Crippen molar-refractivity contribution in [2.75, 3.05) is 6.61 Å². The first-order valence-corrected chi connectivity index (χ1v) is 6.29. The van der Waals surface area contributed by atoms with Gasteiger partial charge >= 0.3 is 0 Å². The lowest BCUT2D eigenvalue weighted by Gasteiger charge is -2.25. The number of nitrogens with two attached hydrogens (primary N) is 1.